The van der Waals surface area contributed by atoms with E-state index in [2.05, 4.69) is 11.9 Å². The number of benzene rings is 2. The number of aryl methyl sites for hydroxylation is 1. The average molecular weight is 485 g/mol. The molecule has 0 saturated carbocycles. The number of hydrogen-bond acceptors (Lipinski definition) is 6. The molecule has 36 heavy (non-hydrogen) atoms. The van der Waals surface area contributed by atoms with Gasteiger partial charge in [-0.3, -0.25) is 14.6 Å². The van der Waals surface area contributed by atoms with E-state index in [1.54, 1.807) is 36.5 Å². The fraction of sp³-hybridized carbons (Fsp3) is 0.276. The number of fused-ring (bicyclic) bond motifs is 2. The van der Waals surface area contributed by atoms with Gasteiger partial charge in [0, 0.05) is 18.9 Å². The van der Waals surface area contributed by atoms with Crippen molar-refractivity contribution in [2.24, 2.45) is 0 Å². The van der Waals surface area contributed by atoms with Crippen LogP contribution < -0.4 is 14.9 Å². The Morgan fingerprint density at radius 2 is 1.94 bits per heavy atom. The third kappa shape index (κ3) is 4.21. The lowest BCUT2D eigenvalue weighted by atomic mass is 9.97. The molecule has 184 valence electrons. The summed E-state index contributed by atoms with van der Waals surface area (Å²) in [5.74, 6) is 0.916. The number of rotatable bonds is 8. The van der Waals surface area contributed by atoms with E-state index in [9.17, 15) is 9.59 Å². The van der Waals surface area contributed by atoms with Gasteiger partial charge in [-0.15, -0.1) is 0 Å². The summed E-state index contributed by atoms with van der Waals surface area (Å²) >= 11 is 0. The van der Waals surface area contributed by atoms with E-state index in [0.717, 1.165) is 29.5 Å². The minimum absolute atomic E-state index is 0.0764. The molecule has 0 saturated heterocycles. The average Bonchev–Trinajstić information content (AvgIpc) is 3.17. The van der Waals surface area contributed by atoms with Crippen molar-refractivity contribution < 1.29 is 18.7 Å². The molecular formula is C29H28N2O5. The normalized spacial score (nSPS) is 14.8. The third-order valence-electron chi connectivity index (χ3n) is 6.46. The van der Waals surface area contributed by atoms with Gasteiger partial charge in [0.2, 0.25) is 5.76 Å². The lowest BCUT2D eigenvalue weighted by molar-refractivity contribution is 0.0714. The lowest BCUT2D eigenvalue weighted by Gasteiger charge is -2.26. The zero-order valence-corrected chi connectivity index (χ0v) is 20.6. The standard InChI is InChI=1S/C29H28N2O5/c1-4-5-13-35-23-11-9-20(15-24(23)34-3)26-25-27(32)21-14-18(2)8-10-22(21)36-28(25)29(33)31(26)17-19-7-6-12-30-16-19/h6-12,14-16,26H,4-5,13,17H2,1-3H3/t26-/m0/s1. The first-order valence-electron chi connectivity index (χ1n) is 12.1. The van der Waals surface area contributed by atoms with E-state index in [4.69, 9.17) is 13.9 Å². The number of amides is 1. The molecule has 0 bridgehead atoms. The van der Waals surface area contributed by atoms with E-state index in [1.807, 2.05) is 43.3 Å². The maximum Gasteiger partial charge on any atom is 0.291 e. The van der Waals surface area contributed by atoms with Gasteiger partial charge in [0.1, 0.15) is 5.58 Å². The van der Waals surface area contributed by atoms with Crippen LogP contribution in [0.5, 0.6) is 11.5 Å². The number of unbranched alkanes of at least 4 members (excludes halogenated alkanes) is 1. The van der Waals surface area contributed by atoms with Crippen LogP contribution in [0.25, 0.3) is 11.0 Å². The number of aromatic nitrogens is 1. The highest BCUT2D eigenvalue weighted by Gasteiger charge is 2.43. The Labute approximate surface area is 209 Å². The molecule has 2 aromatic carbocycles. The largest absolute Gasteiger partial charge is 0.493 e. The molecule has 2 aromatic heterocycles. The Kier molecular flexibility index (Phi) is 6.46. The predicted octanol–water partition coefficient (Wildman–Crippen LogP) is 5.43. The van der Waals surface area contributed by atoms with Gasteiger partial charge in [0.05, 0.1) is 30.7 Å². The molecule has 0 N–H and O–H groups in total. The number of carbonyl (C=O) groups is 1. The van der Waals surface area contributed by atoms with E-state index in [1.165, 1.54) is 0 Å². The monoisotopic (exact) mass is 484 g/mol. The van der Waals surface area contributed by atoms with Crippen LogP contribution >= 0.6 is 0 Å². The van der Waals surface area contributed by atoms with Crippen LogP contribution in [0.2, 0.25) is 0 Å². The molecule has 1 aliphatic rings. The van der Waals surface area contributed by atoms with Crippen molar-refractivity contribution in [1.82, 2.24) is 9.88 Å². The molecule has 7 heteroatoms. The molecule has 4 aromatic rings. The van der Waals surface area contributed by atoms with E-state index >= 15 is 0 Å². The zero-order chi connectivity index (χ0) is 25.2. The van der Waals surface area contributed by atoms with E-state index in [-0.39, 0.29) is 23.6 Å². The van der Waals surface area contributed by atoms with Gasteiger partial charge in [-0.2, -0.15) is 0 Å². The van der Waals surface area contributed by atoms with Crippen LogP contribution in [0, 0.1) is 6.92 Å². The summed E-state index contributed by atoms with van der Waals surface area (Å²) in [6, 6.07) is 14.0. The van der Waals surface area contributed by atoms with Gasteiger partial charge in [-0.05, 0) is 54.8 Å². The van der Waals surface area contributed by atoms with Crippen molar-refractivity contribution in [3.63, 3.8) is 0 Å². The van der Waals surface area contributed by atoms with Gasteiger partial charge in [0.25, 0.3) is 5.91 Å². The summed E-state index contributed by atoms with van der Waals surface area (Å²) in [5, 5.41) is 0.460. The molecule has 7 nitrogen and oxygen atoms in total. The molecule has 1 aliphatic heterocycles. The molecule has 0 aliphatic carbocycles. The molecule has 5 rings (SSSR count). The fourth-order valence-electron chi connectivity index (χ4n) is 4.63. The van der Waals surface area contributed by atoms with Gasteiger partial charge < -0.3 is 18.8 Å². The first kappa shape index (κ1) is 23.6. The Balaban J connectivity index is 1.66. The highest BCUT2D eigenvalue weighted by atomic mass is 16.5. The first-order valence-corrected chi connectivity index (χ1v) is 12.1. The fourth-order valence-corrected chi connectivity index (χ4v) is 4.63. The SMILES string of the molecule is CCCCOc1ccc([C@H]2c3c(oc4ccc(C)cc4c3=O)C(=O)N2Cc2cccnc2)cc1OC. The maximum absolute atomic E-state index is 13.8. The van der Waals surface area contributed by atoms with Crippen LogP contribution in [-0.4, -0.2) is 29.5 Å². The van der Waals surface area contributed by atoms with E-state index in [0.29, 0.717) is 34.6 Å². The summed E-state index contributed by atoms with van der Waals surface area (Å²) in [6.07, 6.45) is 5.35. The number of carbonyl (C=O) groups excluding carboxylic acids is 1. The Bertz CT molecular complexity index is 1480. The van der Waals surface area contributed by atoms with Crippen molar-refractivity contribution in [2.45, 2.75) is 39.3 Å². The highest BCUT2D eigenvalue weighted by molar-refractivity contribution is 5.99. The van der Waals surface area contributed by atoms with Crippen LogP contribution in [0.4, 0.5) is 0 Å². The second-order valence-electron chi connectivity index (χ2n) is 8.98. The lowest BCUT2D eigenvalue weighted by Crippen LogP contribution is -2.29. The van der Waals surface area contributed by atoms with Gasteiger partial charge >= 0.3 is 0 Å². The quantitative estimate of drug-likeness (QED) is 0.310. The van der Waals surface area contributed by atoms with Crippen LogP contribution in [0.15, 0.2) is 70.1 Å². The van der Waals surface area contributed by atoms with Crippen molar-refractivity contribution >= 4 is 16.9 Å². The zero-order valence-electron chi connectivity index (χ0n) is 20.6. The van der Waals surface area contributed by atoms with Crippen LogP contribution in [0.3, 0.4) is 0 Å². The molecule has 0 radical (unpaired) electrons. The van der Waals surface area contributed by atoms with Gasteiger partial charge in [-0.1, -0.05) is 37.1 Å². The molecule has 0 spiro atoms. The molecule has 1 amide bonds. The minimum atomic E-state index is -0.646. The van der Waals surface area contributed by atoms with E-state index < -0.39 is 6.04 Å². The molecule has 3 heterocycles. The summed E-state index contributed by atoms with van der Waals surface area (Å²) in [7, 11) is 1.58. The molecule has 1 atom stereocenters. The third-order valence-corrected chi connectivity index (χ3v) is 6.46. The van der Waals surface area contributed by atoms with Gasteiger partial charge in [0.15, 0.2) is 16.9 Å². The van der Waals surface area contributed by atoms with Crippen LogP contribution in [0.1, 0.15) is 58.6 Å². The Morgan fingerprint density at radius 1 is 1.08 bits per heavy atom. The number of ether oxygens (including phenoxy) is 2. The smallest absolute Gasteiger partial charge is 0.291 e. The number of hydrogen-bond donors (Lipinski definition) is 0. The Hall–Kier alpha value is -4.13. The number of pyridine rings is 1. The first-order chi connectivity index (χ1) is 17.5. The summed E-state index contributed by atoms with van der Waals surface area (Å²) < 4.78 is 17.6. The molecule has 0 fully saturated rings. The summed E-state index contributed by atoms with van der Waals surface area (Å²) in [5.41, 5.74) is 3.07. The van der Waals surface area contributed by atoms with Gasteiger partial charge in [-0.25, -0.2) is 0 Å². The number of nitrogens with zero attached hydrogens (tertiary/aromatic N) is 2. The summed E-state index contributed by atoms with van der Waals surface area (Å²) in [6.45, 7) is 4.88. The highest BCUT2D eigenvalue weighted by Crippen LogP contribution is 2.41. The van der Waals surface area contributed by atoms with Crippen LogP contribution in [-0.2, 0) is 6.54 Å². The topological polar surface area (TPSA) is 81.9 Å². The Morgan fingerprint density at radius 3 is 2.69 bits per heavy atom. The molecular weight excluding hydrogens is 456 g/mol. The van der Waals surface area contributed by atoms with Crippen molar-refractivity contribution in [3.05, 3.63) is 99.2 Å². The summed E-state index contributed by atoms with van der Waals surface area (Å²) in [4.78, 5) is 33.3. The van der Waals surface area contributed by atoms with Crippen molar-refractivity contribution in [3.8, 4) is 11.5 Å². The maximum atomic E-state index is 13.8. The second kappa shape index (κ2) is 9.85. The number of methoxy groups -OCH3 is 1. The van der Waals surface area contributed by atoms with Crippen molar-refractivity contribution in [1.29, 1.82) is 0 Å². The minimum Gasteiger partial charge on any atom is -0.493 e. The predicted molar refractivity (Wildman–Crippen MR) is 137 cm³/mol. The molecule has 0 unspecified atom stereocenters. The second-order valence-corrected chi connectivity index (χ2v) is 8.98. The van der Waals surface area contributed by atoms with Crippen molar-refractivity contribution in [2.75, 3.05) is 13.7 Å².